The largest absolute Gasteiger partial charge is 0.358 e. The highest BCUT2D eigenvalue weighted by atomic mass is 35.5. The van der Waals surface area contributed by atoms with Crippen LogP contribution in [-0.2, 0) is 14.8 Å². The number of carbonyl (C=O) groups excluding carboxylic acids is 1. The van der Waals surface area contributed by atoms with Crippen molar-refractivity contribution in [2.45, 2.75) is 17.9 Å². The van der Waals surface area contributed by atoms with Crippen molar-refractivity contribution in [2.75, 3.05) is 7.05 Å². The van der Waals surface area contributed by atoms with Crippen LogP contribution in [0.2, 0.25) is 10.0 Å². The normalized spacial score (nSPS) is 13.1. The van der Waals surface area contributed by atoms with Crippen LogP contribution in [0.1, 0.15) is 6.92 Å². The molecule has 1 rings (SSSR count). The fraction of sp³-hybridized carbons (Fsp3) is 0.300. The van der Waals surface area contributed by atoms with Crippen molar-refractivity contribution in [1.29, 1.82) is 0 Å². The van der Waals surface area contributed by atoms with Crippen molar-refractivity contribution in [3.63, 3.8) is 0 Å². The maximum absolute atomic E-state index is 12.0. The van der Waals surface area contributed by atoms with Gasteiger partial charge in [0.05, 0.1) is 11.1 Å². The van der Waals surface area contributed by atoms with Gasteiger partial charge in [0.25, 0.3) is 0 Å². The highest BCUT2D eigenvalue weighted by molar-refractivity contribution is 7.89. The van der Waals surface area contributed by atoms with Crippen molar-refractivity contribution >= 4 is 39.1 Å². The average Bonchev–Trinajstić information content (AvgIpc) is 2.30. The molecular formula is C10H12Cl2N2O3S. The van der Waals surface area contributed by atoms with E-state index in [1.54, 1.807) is 0 Å². The maximum atomic E-state index is 12.0. The predicted molar refractivity (Wildman–Crippen MR) is 70.3 cm³/mol. The summed E-state index contributed by atoms with van der Waals surface area (Å²) < 4.78 is 26.2. The molecule has 8 heteroatoms. The molecule has 0 radical (unpaired) electrons. The number of amides is 1. The quantitative estimate of drug-likeness (QED) is 0.883. The lowest BCUT2D eigenvalue weighted by atomic mass is 10.3. The molecule has 0 saturated carbocycles. The number of nitrogens with one attached hydrogen (secondary N) is 2. The van der Waals surface area contributed by atoms with Crippen LogP contribution in [0.15, 0.2) is 23.1 Å². The molecule has 100 valence electrons. The summed E-state index contributed by atoms with van der Waals surface area (Å²) in [6.07, 6.45) is 0. The second kappa shape index (κ2) is 5.88. The first kappa shape index (κ1) is 15.2. The first-order valence-corrected chi connectivity index (χ1v) is 7.21. The molecule has 0 saturated heterocycles. The summed E-state index contributed by atoms with van der Waals surface area (Å²) in [5.41, 5.74) is 0. The molecule has 0 bridgehead atoms. The van der Waals surface area contributed by atoms with E-state index in [0.29, 0.717) is 0 Å². The van der Waals surface area contributed by atoms with Gasteiger partial charge in [-0.25, -0.2) is 8.42 Å². The van der Waals surface area contributed by atoms with Gasteiger partial charge in [0.1, 0.15) is 4.90 Å². The van der Waals surface area contributed by atoms with E-state index in [9.17, 15) is 13.2 Å². The number of hydrogen-bond acceptors (Lipinski definition) is 3. The Kier molecular flexibility index (Phi) is 4.98. The molecule has 0 aliphatic heterocycles. The minimum Gasteiger partial charge on any atom is -0.358 e. The smallest absolute Gasteiger partial charge is 0.242 e. The second-order valence-corrected chi connectivity index (χ2v) is 6.06. The summed E-state index contributed by atoms with van der Waals surface area (Å²) in [5, 5.41) is 2.62. The molecule has 0 unspecified atom stereocenters. The molecule has 1 amide bonds. The van der Waals surface area contributed by atoms with Gasteiger partial charge in [0.15, 0.2) is 0 Å². The Bertz CT molecular complexity index is 560. The summed E-state index contributed by atoms with van der Waals surface area (Å²) >= 11 is 11.5. The fourth-order valence-electron chi connectivity index (χ4n) is 1.25. The van der Waals surface area contributed by atoms with Crippen LogP contribution in [0, 0.1) is 0 Å². The van der Waals surface area contributed by atoms with Gasteiger partial charge in [0.2, 0.25) is 15.9 Å². The van der Waals surface area contributed by atoms with Crippen LogP contribution < -0.4 is 10.0 Å². The van der Waals surface area contributed by atoms with E-state index < -0.39 is 22.0 Å². The Morgan fingerprint density at radius 3 is 2.50 bits per heavy atom. The van der Waals surface area contributed by atoms with Gasteiger partial charge >= 0.3 is 0 Å². The standard InChI is InChI=1S/C10H12Cl2N2O3S/c1-6(10(15)13-2)14-18(16,17)9-5-7(11)3-4-8(9)12/h3-6,14H,1-2H3,(H,13,15)/t6-/m0/s1. The van der Waals surface area contributed by atoms with Crippen molar-refractivity contribution in [1.82, 2.24) is 10.0 Å². The van der Waals surface area contributed by atoms with Gasteiger partial charge in [0, 0.05) is 12.1 Å². The Morgan fingerprint density at radius 1 is 1.33 bits per heavy atom. The van der Waals surface area contributed by atoms with Gasteiger partial charge in [-0.3, -0.25) is 4.79 Å². The van der Waals surface area contributed by atoms with Crippen LogP contribution in [0.4, 0.5) is 0 Å². The molecule has 2 N–H and O–H groups in total. The van der Waals surface area contributed by atoms with E-state index in [4.69, 9.17) is 23.2 Å². The fourth-order valence-corrected chi connectivity index (χ4v) is 3.21. The van der Waals surface area contributed by atoms with Crippen LogP contribution >= 0.6 is 23.2 Å². The topological polar surface area (TPSA) is 75.3 Å². The third-order valence-electron chi connectivity index (χ3n) is 2.15. The van der Waals surface area contributed by atoms with Gasteiger partial charge in [-0.15, -0.1) is 0 Å². The predicted octanol–water partition coefficient (Wildman–Crippen LogP) is 1.41. The van der Waals surface area contributed by atoms with Crippen LogP contribution in [0.5, 0.6) is 0 Å². The number of benzene rings is 1. The van der Waals surface area contributed by atoms with Crippen molar-refractivity contribution in [3.05, 3.63) is 28.2 Å². The van der Waals surface area contributed by atoms with E-state index in [0.717, 1.165) is 0 Å². The summed E-state index contributed by atoms with van der Waals surface area (Å²) in [4.78, 5) is 11.1. The highest BCUT2D eigenvalue weighted by Crippen LogP contribution is 2.24. The number of sulfonamides is 1. The molecule has 18 heavy (non-hydrogen) atoms. The Labute approximate surface area is 116 Å². The molecule has 0 aliphatic carbocycles. The molecule has 0 aliphatic rings. The summed E-state index contributed by atoms with van der Waals surface area (Å²) in [6, 6.07) is 3.17. The number of hydrogen-bond donors (Lipinski definition) is 2. The number of halogens is 2. The lowest BCUT2D eigenvalue weighted by Gasteiger charge is -2.13. The zero-order chi connectivity index (χ0) is 13.9. The van der Waals surface area contributed by atoms with E-state index in [1.807, 2.05) is 0 Å². The lowest BCUT2D eigenvalue weighted by molar-refractivity contribution is -0.121. The van der Waals surface area contributed by atoms with E-state index >= 15 is 0 Å². The van der Waals surface area contributed by atoms with Gasteiger partial charge < -0.3 is 5.32 Å². The van der Waals surface area contributed by atoms with Crippen molar-refractivity contribution in [2.24, 2.45) is 0 Å². The van der Waals surface area contributed by atoms with Crippen LogP contribution in [0.25, 0.3) is 0 Å². The SMILES string of the molecule is CNC(=O)[C@H](C)NS(=O)(=O)c1cc(Cl)ccc1Cl. The molecule has 1 atom stereocenters. The highest BCUT2D eigenvalue weighted by Gasteiger charge is 2.23. The minimum absolute atomic E-state index is 0.0380. The van der Waals surface area contributed by atoms with Crippen molar-refractivity contribution < 1.29 is 13.2 Å². The number of rotatable bonds is 4. The molecule has 0 spiro atoms. The summed E-state index contributed by atoms with van der Waals surface area (Å²) in [7, 11) is -2.48. The molecular weight excluding hydrogens is 299 g/mol. The van der Waals surface area contributed by atoms with E-state index in [-0.39, 0.29) is 14.9 Å². The van der Waals surface area contributed by atoms with Gasteiger partial charge in [-0.1, -0.05) is 23.2 Å². The van der Waals surface area contributed by atoms with Gasteiger partial charge in [-0.05, 0) is 25.1 Å². The molecule has 1 aromatic rings. The van der Waals surface area contributed by atoms with Crippen LogP contribution in [0.3, 0.4) is 0 Å². The zero-order valence-electron chi connectivity index (χ0n) is 9.70. The second-order valence-electron chi connectivity index (χ2n) is 3.53. The molecule has 1 aromatic carbocycles. The molecule has 0 aromatic heterocycles. The maximum Gasteiger partial charge on any atom is 0.242 e. The Hall–Kier alpha value is -0.820. The number of likely N-dealkylation sites (N-methyl/N-ethyl adjacent to an activating group) is 1. The first-order valence-electron chi connectivity index (χ1n) is 4.97. The van der Waals surface area contributed by atoms with E-state index in [2.05, 4.69) is 10.0 Å². The molecule has 0 heterocycles. The average molecular weight is 311 g/mol. The molecule has 5 nitrogen and oxygen atoms in total. The van der Waals surface area contributed by atoms with Gasteiger partial charge in [-0.2, -0.15) is 4.72 Å². The van der Waals surface area contributed by atoms with Crippen LogP contribution in [-0.4, -0.2) is 27.4 Å². The Morgan fingerprint density at radius 2 is 1.94 bits per heavy atom. The molecule has 0 fully saturated rings. The number of carbonyl (C=O) groups is 1. The lowest BCUT2D eigenvalue weighted by Crippen LogP contribution is -2.43. The van der Waals surface area contributed by atoms with E-state index in [1.165, 1.54) is 32.2 Å². The summed E-state index contributed by atoms with van der Waals surface area (Å²) in [5.74, 6) is -0.447. The zero-order valence-corrected chi connectivity index (χ0v) is 12.0. The monoisotopic (exact) mass is 310 g/mol. The minimum atomic E-state index is -3.90. The Balaban J connectivity index is 3.07. The van der Waals surface area contributed by atoms with Crippen molar-refractivity contribution in [3.8, 4) is 0 Å². The third kappa shape index (κ3) is 3.58. The third-order valence-corrected chi connectivity index (χ3v) is 4.41. The summed E-state index contributed by atoms with van der Waals surface area (Å²) in [6.45, 7) is 1.43. The first-order chi connectivity index (χ1) is 8.27.